The number of thioether (sulfide) groups is 1. The van der Waals surface area contributed by atoms with Gasteiger partial charge in [0.1, 0.15) is 11.6 Å². The summed E-state index contributed by atoms with van der Waals surface area (Å²) in [6, 6.07) is 8.94. The second-order valence-corrected chi connectivity index (χ2v) is 5.27. The van der Waals surface area contributed by atoms with Crippen molar-refractivity contribution >= 4 is 40.7 Å². The van der Waals surface area contributed by atoms with Gasteiger partial charge in [0, 0.05) is 12.6 Å². The molecule has 0 fully saturated rings. The molecule has 0 unspecified atom stereocenters. The Hall–Kier alpha value is -1.97. The van der Waals surface area contributed by atoms with Gasteiger partial charge in [0.2, 0.25) is 0 Å². The summed E-state index contributed by atoms with van der Waals surface area (Å²) in [6.07, 6.45) is 1.91. The molecule has 1 aromatic carbocycles. The zero-order valence-electron chi connectivity index (χ0n) is 11.6. The van der Waals surface area contributed by atoms with Gasteiger partial charge in [0.25, 0.3) is 0 Å². The first-order valence-electron chi connectivity index (χ1n) is 6.30. The van der Waals surface area contributed by atoms with Crippen molar-refractivity contribution in [2.24, 2.45) is 0 Å². The van der Waals surface area contributed by atoms with E-state index >= 15 is 0 Å². The average Bonchev–Trinajstić information content (AvgIpc) is 2.49. The highest BCUT2D eigenvalue weighted by Crippen LogP contribution is 2.27. The molecular weight excluding hydrogens is 306 g/mol. The van der Waals surface area contributed by atoms with Gasteiger partial charge < -0.3 is 10.6 Å². The van der Waals surface area contributed by atoms with Crippen molar-refractivity contribution in [2.45, 2.75) is 12.1 Å². The van der Waals surface area contributed by atoms with Gasteiger partial charge in [0.15, 0.2) is 5.16 Å². The Morgan fingerprint density at radius 1 is 1.29 bits per heavy atom. The van der Waals surface area contributed by atoms with Crippen molar-refractivity contribution in [1.82, 2.24) is 9.97 Å². The van der Waals surface area contributed by atoms with Crippen LogP contribution in [0.3, 0.4) is 0 Å². The summed E-state index contributed by atoms with van der Waals surface area (Å²) in [7, 11) is 0. The number of hydrogen-bond acceptors (Lipinski definition) is 6. The molecule has 0 bridgehead atoms. The fourth-order valence-electron chi connectivity index (χ4n) is 1.68. The van der Waals surface area contributed by atoms with Gasteiger partial charge in [-0.25, -0.2) is 9.97 Å². The maximum Gasteiger partial charge on any atom is 0.191 e. The number of anilines is 3. The zero-order chi connectivity index (χ0) is 15.2. The summed E-state index contributed by atoms with van der Waals surface area (Å²) in [5.41, 5.74) is 1.18. The van der Waals surface area contributed by atoms with E-state index in [0.29, 0.717) is 27.2 Å². The number of hydrogen-bond donors (Lipinski definition) is 2. The maximum absolute atomic E-state index is 8.96. The third-order valence-electron chi connectivity index (χ3n) is 2.60. The molecule has 0 saturated carbocycles. The molecule has 2 rings (SSSR count). The molecule has 0 radical (unpaired) electrons. The monoisotopic (exact) mass is 319 g/mol. The number of nitriles is 1. The van der Waals surface area contributed by atoms with Crippen molar-refractivity contribution in [3.63, 3.8) is 0 Å². The molecule has 21 heavy (non-hydrogen) atoms. The molecule has 0 atom stereocenters. The maximum atomic E-state index is 8.96. The molecule has 0 spiro atoms. The van der Waals surface area contributed by atoms with E-state index in [-0.39, 0.29) is 0 Å². The van der Waals surface area contributed by atoms with Crippen LogP contribution in [-0.2, 0) is 0 Å². The minimum Gasteiger partial charge on any atom is -0.370 e. The molecule has 0 aliphatic rings. The fourth-order valence-corrected chi connectivity index (χ4v) is 2.22. The van der Waals surface area contributed by atoms with Crippen molar-refractivity contribution < 1.29 is 0 Å². The van der Waals surface area contributed by atoms with Crippen LogP contribution in [0.2, 0.25) is 5.02 Å². The van der Waals surface area contributed by atoms with E-state index in [4.69, 9.17) is 16.9 Å². The van der Waals surface area contributed by atoms with Crippen LogP contribution in [0.4, 0.5) is 17.3 Å². The van der Waals surface area contributed by atoms with Crippen LogP contribution in [0.25, 0.3) is 0 Å². The lowest BCUT2D eigenvalue weighted by Gasteiger charge is -2.11. The van der Waals surface area contributed by atoms with E-state index < -0.39 is 0 Å². The van der Waals surface area contributed by atoms with Crippen LogP contribution >= 0.6 is 23.4 Å². The van der Waals surface area contributed by atoms with E-state index in [1.54, 1.807) is 24.3 Å². The van der Waals surface area contributed by atoms with Gasteiger partial charge in [-0.15, -0.1) is 0 Å². The minimum absolute atomic E-state index is 0.531. The van der Waals surface area contributed by atoms with E-state index in [1.807, 2.05) is 13.2 Å². The second-order valence-electron chi connectivity index (χ2n) is 4.09. The first-order chi connectivity index (χ1) is 10.2. The summed E-state index contributed by atoms with van der Waals surface area (Å²) in [5, 5.41) is 16.4. The molecule has 0 amide bonds. The Bertz CT molecular complexity index is 684. The Labute approximate surface area is 132 Å². The van der Waals surface area contributed by atoms with E-state index in [9.17, 15) is 0 Å². The van der Waals surface area contributed by atoms with Crippen molar-refractivity contribution in [2.75, 3.05) is 23.4 Å². The Morgan fingerprint density at radius 2 is 2.05 bits per heavy atom. The molecule has 1 heterocycles. The van der Waals surface area contributed by atoms with Crippen LogP contribution in [0.1, 0.15) is 12.5 Å². The van der Waals surface area contributed by atoms with Gasteiger partial charge in [0.05, 0.1) is 22.3 Å². The van der Waals surface area contributed by atoms with E-state index in [0.717, 1.165) is 12.4 Å². The number of nitrogens with one attached hydrogen (secondary N) is 2. The number of nitrogens with zero attached hydrogens (tertiary/aromatic N) is 3. The number of aromatic nitrogens is 2. The second kappa shape index (κ2) is 7.16. The van der Waals surface area contributed by atoms with Crippen LogP contribution in [0, 0.1) is 11.3 Å². The first-order valence-corrected chi connectivity index (χ1v) is 7.90. The molecule has 0 saturated heterocycles. The highest BCUT2D eigenvalue weighted by atomic mass is 35.5. The molecule has 2 aromatic rings. The molecule has 0 aliphatic heterocycles. The highest BCUT2D eigenvalue weighted by Gasteiger charge is 2.07. The number of halogens is 1. The topological polar surface area (TPSA) is 73.6 Å². The lowest BCUT2D eigenvalue weighted by molar-refractivity contribution is 0.967. The molecule has 108 valence electrons. The minimum atomic E-state index is 0.531. The van der Waals surface area contributed by atoms with Crippen LogP contribution in [-0.4, -0.2) is 22.8 Å². The van der Waals surface area contributed by atoms with Gasteiger partial charge in [-0.1, -0.05) is 23.4 Å². The van der Waals surface area contributed by atoms with Crippen LogP contribution in [0.15, 0.2) is 29.4 Å². The predicted octanol–water partition coefficient (Wildman–Crippen LogP) is 3.90. The molecule has 1 aromatic heterocycles. The Morgan fingerprint density at radius 3 is 2.71 bits per heavy atom. The van der Waals surface area contributed by atoms with E-state index in [2.05, 4.69) is 26.7 Å². The molecular formula is C14H14ClN5S. The lowest BCUT2D eigenvalue weighted by atomic mass is 10.2. The van der Waals surface area contributed by atoms with Crippen molar-refractivity contribution in [3.8, 4) is 6.07 Å². The number of rotatable bonds is 5. The summed E-state index contributed by atoms with van der Waals surface area (Å²) >= 11 is 7.60. The molecule has 5 nitrogen and oxygen atoms in total. The molecule has 0 aliphatic carbocycles. The SMILES string of the molecule is CCNc1cc(Nc2cc(C#N)ccc2Cl)nc(SC)n1. The summed E-state index contributed by atoms with van der Waals surface area (Å²) in [6.45, 7) is 2.77. The normalized spacial score (nSPS) is 10.0. The summed E-state index contributed by atoms with van der Waals surface area (Å²) in [5.74, 6) is 1.37. The lowest BCUT2D eigenvalue weighted by Crippen LogP contribution is -2.04. The quantitative estimate of drug-likeness (QED) is 0.643. The largest absolute Gasteiger partial charge is 0.370 e. The van der Waals surface area contributed by atoms with Crippen molar-refractivity contribution in [1.29, 1.82) is 5.26 Å². The summed E-state index contributed by atoms with van der Waals surface area (Å²) < 4.78 is 0. The Kier molecular flexibility index (Phi) is 5.26. The third-order valence-corrected chi connectivity index (χ3v) is 3.48. The summed E-state index contributed by atoms with van der Waals surface area (Å²) in [4.78, 5) is 8.74. The van der Waals surface area contributed by atoms with Crippen LogP contribution in [0.5, 0.6) is 0 Å². The van der Waals surface area contributed by atoms with Crippen LogP contribution < -0.4 is 10.6 Å². The average molecular weight is 320 g/mol. The third kappa shape index (κ3) is 4.00. The van der Waals surface area contributed by atoms with Gasteiger partial charge >= 0.3 is 0 Å². The van der Waals surface area contributed by atoms with Gasteiger partial charge in [-0.3, -0.25) is 0 Å². The highest BCUT2D eigenvalue weighted by molar-refractivity contribution is 7.98. The van der Waals surface area contributed by atoms with Crippen molar-refractivity contribution in [3.05, 3.63) is 34.9 Å². The van der Waals surface area contributed by atoms with E-state index in [1.165, 1.54) is 11.8 Å². The fraction of sp³-hybridized carbons (Fsp3) is 0.214. The molecule has 2 N–H and O–H groups in total. The Balaban J connectivity index is 2.34. The molecule has 7 heteroatoms. The first kappa shape index (κ1) is 15.4. The smallest absolute Gasteiger partial charge is 0.191 e. The zero-order valence-corrected chi connectivity index (χ0v) is 13.2. The van der Waals surface area contributed by atoms with Gasteiger partial charge in [-0.05, 0) is 31.4 Å². The standard InChI is InChI=1S/C14H14ClN5S/c1-3-17-12-7-13(20-14(19-12)21-2)18-11-6-9(8-16)4-5-10(11)15/h4-7H,3H2,1-2H3,(H2,17,18,19,20). The van der Waals surface area contributed by atoms with Gasteiger partial charge in [-0.2, -0.15) is 5.26 Å². The number of benzene rings is 1. The predicted molar refractivity (Wildman–Crippen MR) is 87.4 cm³/mol.